The van der Waals surface area contributed by atoms with E-state index in [0.29, 0.717) is 57.4 Å². The molecular formula is C52H57N10O11PS. The minimum atomic E-state index is -5.00. The van der Waals surface area contributed by atoms with Gasteiger partial charge in [-0.05, 0) is 117 Å². The van der Waals surface area contributed by atoms with Crippen LogP contribution in [0.5, 0.6) is 5.88 Å². The second kappa shape index (κ2) is 20.5. The van der Waals surface area contributed by atoms with Crippen LogP contribution in [0.4, 0.5) is 28.7 Å². The van der Waals surface area contributed by atoms with Crippen molar-refractivity contribution in [2.45, 2.75) is 89.4 Å². The number of phosphoric acid groups is 1. The van der Waals surface area contributed by atoms with Crippen LogP contribution in [0.15, 0.2) is 61.1 Å². The lowest BCUT2D eigenvalue weighted by Crippen LogP contribution is -2.57. The third-order valence-electron chi connectivity index (χ3n) is 15.5. The van der Waals surface area contributed by atoms with Crippen molar-refractivity contribution in [2.75, 3.05) is 73.1 Å². The molecule has 1 aliphatic carbocycles. The van der Waals surface area contributed by atoms with Crippen molar-refractivity contribution in [3.63, 3.8) is 0 Å². The van der Waals surface area contributed by atoms with Gasteiger partial charge in [0.05, 0.1) is 41.6 Å². The number of phosphoric ester groups is 1. The van der Waals surface area contributed by atoms with Gasteiger partial charge in [-0.15, -0.1) is 11.3 Å². The molecule has 5 amide bonds. The number of hydrogen-bond acceptors (Lipinski definition) is 17. The number of pyridine rings is 3. The van der Waals surface area contributed by atoms with Crippen LogP contribution in [0.1, 0.15) is 97.4 Å². The van der Waals surface area contributed by atoms with Crippen LogP contribution in [0.2, 0.25) is 0 Å². The molecule has 75 heavy (non-hydrogen) atoms. The topological polar surface area (TPSA) is 252 Å². The van der Waals surface area contributed by atoms with Crippen LogP contribution in [-0.4, -0.2) is 145 Å². The smallest absolute Gasteiger partial charge is 0.471 e. The molecule has 0 radical (unpaired) electrons. The van der Waals surface area contributed by atoms with Crippen molar-refractivity contribution in [2.24, 2.45) is 0 Å². The van der Waals surface area contributed by atoms with Crippen LogP contribution in [-0.2, 0) is 44.5 Å². The minimum Gasteiger partial charge on any atom is -0.480 e. The number of thiophene rings is 1. The molecule has 3 saturated heterocycles. The number of benzene rings is 1. The zero-order valence-corrected chi connectivity index (χ0v) is 43.2. The van der Waals surface area contributed by atoms with E-state index in [2.05, 4.69) is 47.5 Å². The Balaban J connectivity index is 0.702. The average molecular weight is 1060 g/mol. The molecule has 0 bridgehead atoms. The van der Waals surface area contributed by atoms with Crippen molar-refractivity contribution < 1.29 is 52.7 Å². The van der Waals surface area contributed by atoms with Gasteiger partial charge in [0.1, 0.15) is 30.1 Å². The van der Waals surface area contributed by atoms with Crippen LogP contribution >= 0.6 is 19.2 Å². The number of rotatable bonds is 13. The number of amides is 5. The third kappa shape index (κ3) is 9.57. The Bertz CT molecular complexity index is 3160. The van der Waals surface area contributed by atoms with E-state index in [1.54, 1.807) is 53.9 Å². The van der Waals surface area contributed by atoms with E-state index in [-0.39, 0.29) is 42.5 Å². The second-order valence-electron chi connectivity index (χ2n) is 19.8. The van der Waals surface area contributed by atoms with Gasteiger partial charge in [-0.2, -0.15) is 0 Å². The number of aliphatic hydroxyl groups is 1. The Labute approximate surface area is 436 Å². The van der Waals surface area contributed by atoms with Crippen molar-refractivity contribution in [3.8, 4) is 17.0 Å². The summed E-state index contributed by atoms with van der Waals surface area (Å²) in [6, 6.07) is 12.0. The number of nitrogens with one attached hydrogen (secondary N) is 1. The van der Waals surface area contributed by atoms with Gasteiger partial charge in [-0.3, -0.25) is 48.1 Å². The molecule has 1 aromatic carbocycles. The van der Waals surface area contributed by atoms with E-state index in [0.717, 1.165) is 98.8 Å². The third-order valence-corrected chi connectivity index (χ3v) is 17.3. The summed E-state index contributed by atoms with van der Waals surface area (Å²) in [4.78, 5) is 112. The Hall–Kier alpha value is -6.65. The highest BCUT2D eigenvalue weighted by Crippen LogP contribution is 2.42. The van der Waals surface area contributed by atoms with Crippen molar-refractivity contribution in [1.29, 1.82) is 0 Å². The summed E-state index contributed by atoms with van der Waals surface area (Å²) in [5.41, 5.74) is 7.20. The molecule has 4 aromatic heterocycles. The van der Waals surface area contributed by atoms with Gasteiger partial charge < -0.3 is 34.7 Å². The summed E-state index contributed by atoms with van der Waals surface area (Å²) >= 11 is 1.62. The van der Waals surface area contributed by atoms with Gasteiger partial charge >= 0.3 is 7.82 Å². The number of aryl methyl sites for hydroxylation is 1. The van der Waals surface area contributed by atoms with E-state index >= 15 is 0 Å². The number of imide groups is 2. The van der Waals surface area contributed by atoms with Gasteiger partial charge in [-0.1, -0.05) is 0 Å². The normalized spacial score (nSPS) is 20.7. The highest BCUT2D eigenvalue weighted by molar-refractivity contribution is 7.46. The highest BCUT2D eigenvalue weighted by atomic mass is 32.1. The maximum absolute atomic E-state index is 14.0. The molecule has 5 aliphatic heterocycles. The molecular weight excluding hydrogens is 1000 g/mol. The highest BCUT2D eigenvalue weighted by Gasteiger charge is 2.48. The number of carbonyl (C=O) groups excluding carboxylic acids is 5. The summed E-state index contributed by atoms with van der Waals surface area (Å²) in [7, 11) is -3.45. The lowest BCUT2D eigenvalue weighted by atomic mass is 9.92. The number of piperazine rings is 1. The summed E-state index contributed by atoms with van der Waals surface area (Å²) in [6.45, 7) is 5.37. The quantitative estimate of drug-likeness (QED) is 0.0864. The first-order valence-corrected chi connectivity index (χ1v) is 27.7. The number of aliphatic hydroxyl groups excluding tert-OH is 1. The molecule has 4 N–H and O–H groups in total. The lowest BCUT2D eigenvalue weighted by molar-refractivity contribution is -0.155. The predicted molar refractivity (Wildman–Crippen MR) is 277 cm³/mol. The number of fused-ring (bicyclic) bond motifs is 4. The molecule has 21 nitrogen and oxygen atoms in total. The van der Waals surface area contributed by atoms with Crippen molar-refractivity contribution >= 4 is 77.4 Å². The number of piperidine rings is 2. The molecule has 23 heteroatoms. The molecule has 9 heterocycles. The SMILES string of the molecule is COc1ncc(-c2ccnc(N3CCc4c(sc5c4CCCC5)C3=O)c2CO)cc1Nc1ccc(N2CCN(C3CCN(c4ccc5c(c4)C(=O)N([C@H]4CCC(=O)N(COP(=O)(O)O)C4=O)C5=O)CC3)C[C@@H]2C)cn1. The Morgan fingerprint density at radius 1 is 0.800 bits per heavy atom. The largest absolute Gasteiger partial charge is 0.480 e. The standard InChI is InChI=1S/C52H57N10O11PS/c1-30-27-58(32-14-18-57(19-15-32)33-7-9-38-39(24-33)50(66)62(49(38)65)42-10-12-45(64)61(51(42)67)29-73-74(69,70)71)21-22-59(30)34-8-11-44(54-26-34)56-41-23-31(25-55-48(41)72-2)35-13-17-53-47(40(35)28-63)60-20-16-37-36-5-3-4-6-43(36)75-46(37)52(60)68/h7-9,11,13,17,23-26,30,32,42,63H,3-6,10,12,14-16,18-22,27-29H2,1-2H3,(H,54,56)(H2,69,70,71)/t30-,42-/m0/s1. The van der Waals surface area contributed by atoms with Gasteiger partial charge in [0.25, 0.3) is 23.6 Å². The molecule has 5 aromatic rings. The van der Waals surface area contributed by atoms with E-state index in [1.165, 1.54) is 16.0 Å². The average Bonchev–Trinajstić information content (AvgIpc) is 3.92. The van der Waals surface area contributed by atoms with Gasteiger partial charge in [0.2, 0.25) is 11.8 Å². The molecule has 392 valence electrons. The number of nitrogens with zero attached hydrogens (tertiary/aromatic N) is 9. The zero-order valence-electron chi connectivity index (χ0n) is 41.5. The Morgan fingerprint density at radius 3 is 2.33 bits per heavy atom. The van der Waals surface area contributed by atoms with E-state index in [4.69, 9.17) is 19.5 Å². The summed E-state index contributed by atoms with van der Waals surface area (Å²) in [5, 5.41) is 14.2. The Kier molecular flexibility index (Phi) is 13.8. The molecule has 2 atom stereocenters. The molecule has 11 rings (SSSR count). The lowest BCUT2D eigenvalue weighted by Gasteiger charge is -2.46. The van der Waals surface area contributed by atoms with Crippen LogP contribution < -0.4 is 24.8 Å². The molecule has 6 aliphatic rings. The van der Waals surface area contributed by atoms with Crippen LogP contribution in [0.3, 0.4) is 0 Å². The molecule has 0 spiro atoms. The molecule has 3 fully saturated rings. The fourth-order valence-corrected chi connectivity index (χ4v) is 13.4. The zero-order chi connectivity index (χ0) is 52.3. The van der Waals surface area contributed by atoms with Gasteiger partial charge in [0.15, 0.2) is 0 Å². The van der Waals surface area contributed by atoms with Gasteiger partial charge in [0, 0.05) is 91.9 Å². The number of methoxy groups -OCH3 is 1. The first-order chi connectivity index (χ1) is 36.2. The maximum atomic E-state index is 14.0. The summed E-state index contributed by atoms with van der Waals surface area (Å²) in [6.07, 6.45) is 11.8. The van der Waals surface area contributed by atoms with Crippen molar-refractivity contribution in [1.82, 2.24) is 29.7 Å². The second-order valence-corrected chi connectivity index (χ2v) is 22.1. The first-order valence-electron chi connectivity index (χ1n) is 25.3. The van der Waals surface area contributed by atoms with Crippen LogP contribution in [0.25, 0.3) is 11.1 Å². The first kappa shape index (κ1) is 50.5. The summed E-state index contributed by atoms with van der Waals surface area (Å²) < 4.78 is 21.3. The minimum absolute atomic E-state index is 0.0621. The number of aromatic nitrogens is 3. The fourth-order valence-electron chi connectivity index (χ4n) is 11.7. The monoisotopic (exact) mass is 1060 g/mol. The van der Waals surface area contributed by atoms with E-state index in [9.17, 15) is 33.6 Å². The van der Waals surface area contributed by atoms with E-state index in [1.807, 2.05) is 24.4 Å². The fraction of sp³-hybridized carbons (Fsp3) is 0.423. The molecule has 0 saturated carbocycles. The maximum Gasteiger partial charge on any atom is 0.471 e. The molecule has 0 unspecified atom stereocenters. The number of ether oxygens (including phenoxy) is 1. The van der Waals surface area contributed by atoms with Gasteiger partial charge in [-0.25, -0.2) is 19.5 Å². The summed E-state index contributed by atoms with van der Waals surface area (Å²) in [5.74, 6) is -1.64. The van der Waals surface area contributed by atoms with E-state index < -0.39 is 44.2 Å². The Morgan fingerprint density at radius 2 is 1.59 bits per heavy atom. The number of hydrogen-bond donors (Lipinski definition) is 4. The number of anilines is 5. The number of carbonyl (C=O) groups is 5. The number of likely N-dealkylation sites (tertiary alicyclic amines) is 1. The predicted octanol–water partition coefficient (Wildman–Crippen LogP) is 5.29. The van der Waals surface area contributed by atoms with Crippen molar-refractivity contribution in [3.05, 3.63) is 98.6 Å². The van der Waals surface area contributed by atoms with Crippen LogP contribution in [0, 0.1) is 0 Å².